The molecule has 1 aromatic heterocycles. The Morgan fingerprint density at radius 3 is 2.78 bits per heavy atom. The number of aryl methyl sites for hydroxylation is 1. The summed E-state index contributed by atoms with van der Waals surface area (Å²) in [4.78, 5) is 4.20. The Morgan fingerprint density at radius 2 is 2.28 bits per heavy atom. The zero-order valence-corrected chi connectivity index (χ0v) is 10.8. The summed E-state index contributed by atoms with van der Waals surface area (Å²) in [7, 11) is 3.42. The van der Waals surface area contributed by atoms with Gasteiger partial charge in [-0.2, -0.15) is 5.26 Å². The SMILES string of the molecule is COc1ccc(C(C#N)c2nccn2C)cc1Cl. The van der Waals surface area contributed by atoms with Crippen LogP contribution in [0.15, 0.2) is 30.6 Å². The molecule has 2 aromatic rings. The topological polar surface area (TPSA) is 50.8 Å². The second-order valence-electron chi connectivity index (χ2n) is 3.85. The molecule has 1 unspecified atom stereocenters. The molecule has 1 heterocycles. The number of hydrogen-bond donors (Lipinski definition) is 0. The molecule has 2 rings (SSSR count). The minimum absolute atomic E-state index is 0.437. The highest BCUT2D eigenvalue weighted by Gasteiger charge is 2.18. The van der Waals surface area contributed by atoms with E-state index < -0.39 is 5.92 Å². The smallest absolute Gasteiger partial charge is 0.137 e. The van der Waals surface area contributed by atoms with Crippen molar-refractivity contribution in [1.29, 1.82) is 5.26 Å². The van der Waals surface area contributed by atoms with Gasteiger partial charge in [0.05, 0.1) is 18.2 Å². The summed E-state index contributed by atoms with van der Waals surface area (Å²) in [5, 5.41) is 9.81. The molecule has 0 aliphatic heterocycles. The van der Waals surface area contributed by atoms with Crippen molar-refractivity contribution in [2.75, 3.05) is 7.11 Å². The van der Waals surface area contributed by atoms with Gasteiger partial charge >= 0.3 is 0 Å². The van der Waals surface area contributed by atoms with Crippen molar-refractivity contribution < 1.29 is 4.74 Å². The van der Waals surface area contributed by atoms with Gasteiger partial charge in [-0.15, -0.1) is 0 Å². The van der Waals surface area contributed by atoms with Crippen LogP contribution < -0.4 is 4.74 Å². The molecule has 0 amide bonds. The normalized spacial score (nSPS) is 11.9. The van der Waals surface area contributed by atoms with Crippen LogP contribution in [0.4, 0.5) is 0 Å². The van der Waals surface area contributed by atoms with Crippen LogP contribution in [0.2, 0.25) is 5.02 Å². The van der Waals surface area contributed by atoms with Gasteiger partial charge in [0.15, 0.2) is 0 Å². The third kappa shape index (κ3) is 2.18. The monoisotopic (exact) mass is 261 g/mol. The fourth-order valence-electron chi connectivity index (χ4n) is 1.80. The Bertz CT molecular complexity index is 601. The van der Waals surface area contributed by atoms with Crippen molar-refractivity contribution >= 4 is 11.6 Å². The van der Waals surface area contributed by atoms with Gasteiger partial charge in [0, 0.05) is 19.4 Å². The molecule has 0 saturated carbocycles. The number of aromatic nitrogens is 2. The predicted molar refractivity (Wildman–Crippen MR) is 68.7 cm³/mol. The van der Waals surface area contributed by atoms with Crippen molar-refractivity contribution in [3.8, 4) is 11.8 Å². The highest BCUT2D eigenvalue weighted by Crippen LogP contribution is 2.30. The third-order valence-electron chi connectivity index (χ3n) is 2.75. The molecule has 1 atom stereocenters. The number of imidazole rings is 1. The molecule has 18 heavy (non-hydrogen) atoms. The largest absolute Gasteiger partial charge is 0.495 e. The van der Waals surface area contributed by atoms with E-state index in [-0.39, 0.29) is 0 Å². The van der Waals surface area contributed by atoms with E-state index in [0.717, 1.165) is 5.56 Å². The summed E-state index contributed by atoms with van der Waals surface area (Å²) in [6.07, 6.45) is 3.48. The number of rotatable bonds is 3. The Labute approximate surface area is 110 Å². The van der Waals surface area contributed by atoms with Gasteiger partial charge in [0.1, 0.15) is 17.5 Å². The molecular weight excluding hydrogens is 250 g/mol. The van der Waals surface area contributed by atoms with Gasteiger partial charge in [-0.1, -0.05) is 17.7 Å². The number of nitriles is 1. The Morgan fingerprint density at radius 1 is 1.50 bits per heavy atom. The molecule has 0 saturated heterocycles. The van der Waals surface area contributed by atoms with Crippen molar-refractivity contribution in [3.05, 3.63) is 47.0 Å². The molecule has 92 valence electrons. The summed E-state index contributed by atoms with van der Waals surface area (Å²) in [5.41, 5.74) is 0.803. The zero-order chi connectivity index (χ0) is 13.1. The maximum absolute atomic E-state index is 9.32. The average molecular weight is 262 g/mol. The summed E-state index contributed by atoms with van der Waals surface area (Å²) in [5.74, 6) is 0.851. The number of hydrogen-bond acceptors (Lipinski definition) is 3. The Kier molecular flexibility index (Phi) is 3.54. The van der Waals surface area contributed by atoms with Crippen LogP contribution in [0, 0.1) is 11.3 Å². The first-order chi connectivity index (χ1) is 8.67. The maximum atomic E-state index is 9.32. The minimum atomic E-state index is -0.437. The lowest BCUT2D eigenvalue weighted by atomic mass is 9.99. The molecule has 4 nitrogen and oxygen atoms in total. The number of halogens is 1. The molecule has 0 bridgehead atoms. The summed E-state index contributed by atoms with van der Waals surface area (Å²) >= 11 is 6.07. The molecule has 5 heteroatoms. The van der Waals surface area contributed by atoms with Crippen molar-refractivity contribution in [2.45, 2.75) is 5.92 Å². The van der Waals surface area contributed by atoms with Crippen molar-refractivity contribution in [2.24, 2.45) is 7.05 Å². The van der Waals surface area contributed by atoms with Gasteiger partial charge in [-0.05, 0) is 17.7 Å². The maximum Gasteiger partial charge on any atom is 0.137 e. The first-order valence-corrected chi connectivity index (χ1v) is 5.75. The van der Waals surface area contributed by atoms with Crippen LogP contribution in [0.3, 0.4) is 0 Å². The lowest BCUT2D eigenvalue weighted by Gasteiger charge is -2.11. The van der Waals surface area contributed by atoms with E-state index in [1.165, 1.54) is 0 Å². The van der Waals surface area contributed by atoms with Gasteiger partial charge < -0.3 is 9.30 Å². The zero-order valence-electron chi connectivity index (χ0n) is 10.1. The van der Waals surface area contributed by atoms with Crippen LogP contribution in [-0.2, 0) is 7.05 Å². The molecule has 0 N–H and O–H groups in total. The Balaban J connectivity index is 2.44. The highest BCUT2D eigenvalue weighted by atomic mass is 35.5. The van der Waals surface area contributed by atoms with Crippen LogP contribution in [0.5, 0.6) is 5.75 Å². The van der Waals surface area contributed by atoms with E-state index >= 15 is 0 Å². The molecule has 1 aromatic carbocycles. The summed E-state index contributed by atoms with van der Waals surface area (Å²) in [6.45, 7) is 0. The van der Waals surface area contributed by atoms with E-state index in [9.17, 15) is 5.26 Å². The quantitative estimate of drug-likeness (QED) is 0.854. The average Bonchev–Trinajstić information content (AvgIpc) is 2.77. The molecule has 0 fully saturated rings. The van der Waals surface area contributed by atoms with Crippen LogP contribution in [-0.4, -0.2) is 16.7 Å². The Hall–Kier alpha value is -1.99. The number of benzene rings is 1. The fourth-order valence-corrected chi connectivity index (χ4v) is 2.06. The summed E-state index contributed by atoms with van der Waals surface area (Å²) in [6, 6.07) is 7.56. The third-order valence-corrected chi connectivity index (χ3v) is 3.05. The number of ether oxygens (including phenoxy) is 1. The first-order valence-electron chi connectivity index (χ1n) is 5.37. The number of nitrogens with zero attached hydrogens (tertiary/aromatic N) is 3. The number of methoxy groups -OCH3 is 1. The van der Waals surface area contributed by atoms with Crippen LogP contribution in [0.25, 0.3) is 0 Å². The molecule has 0 aliphatic rings. The predicted octanol–water partition coefficient (Wildman–Crippen LogP) is 2.74. The molecule has 0 radical (unpaired) electrons. The second kappa shape index (κ2) is 5.11. The standard InChI is InChI=1S/C13H12ClN3O/c1-17-6-5-16-13(17)10(8-15)9-3-4-12(18-2)11(14)7-9/h3-7,10H,1-2H3. The highest BCUT2D eigenvalue weighted by molar-refractivity contribution is 6.32. The van der Waals surface area contributed by atoms with E-state index in [2.05, 4.69) is 11.1 Å². The summed E-state index contributed by atoms with van der Waals surface area (Å²) < 4.78 is 6.92. The molecular formula is C13H12ClN3O. The molecule has 0 spiro atoms. The van der Waals surface area contributed by atoms with Crippen molar-refractivity contribution in [1.82, 2.24) is 9.55 Å². The van der Waals surface area contributed by atoms with Gasteiger partial charge in [0.2, 0.25) is 0 Å². The van der Waals surface area contributed by atoms with Crippen LogP contribution >= 0.6 is 11.6 Å². The van der Waals surface area contributed by atoms with E-state index in [1.807, 2.05) is 23.9 Å². The van der Waals surface area contributed by atoms with Gasteiger partial charge in [-0.25, -0.2) is 4.98 Å². The van der Waals surface area contributed by atoms with Gasteiger partial charge in [0.25, 0.3) is 0 Å². The first kappa shape index (κ1) is 12.5. The lowest BCUT2D eigenvalue weighted by molar-refractivity contribution is 0.415. The van der Waals surface area contributed by atoms with E-state index in [4.69, 9.17) is 16.3 Å². The lowest BCUT2D eigenvalue weighted by Crippen LogP contribution is -2.06. The fraction of sp³-hybridized carbons (Fsp3) is 0.231. The van der Waals surface area contributed by atoms with E-state index in [0.29, 0.717) is 16.6 Å². The van der Waals surface area contributed by atoms with E-state index in [1.54, 1.807) is 25.4 Å². The molecule has 0 aliphatic carbocycles. The minimum Gasteiger partial charge on any atom is -0.495 e. The second-order valence-corrected chi connectivity index (χ2v) is 4.26. The van der Waals surface area contributed by atoms with Gasteiger partial charge in [-0.3, -0.25) is 0 Å². The van der Waals surface area contributed by atoms with Crippen molar-refractivity contribution in [3.63, 3.8) is 0 Å². The van der Waals surface area contributed by atoms with Crippen LogP contribution in [0.1, 0.15) is 17.3 Å².